The van der Waals surface area contributed by atoms with Crippen molar-refractivity contribution >= 4 is 23.2 Å². The van der Waals surface area contributed by atoms with E-state index in [4.69, 9.17) is 21.3 Å². The minimum atomic E-state index is -4.71. The van der Waals surface area contributed by atoms with Gasteiger partial charge in [0.25, 0.3) is 5.91 Å². The van der Waals surface area contributed by atoms with Crippen LogP contribution in [0.5, 0.6) is 0 Å². The minimum Gasteiger partial charge on any atom is -0.472 e. The Hall–Kier alpha value is -3.77. The molecular weight excluding hydrogens is 469 g/mol. The Balaban J connectivity index is 1.51. The summed E-state index contributed by atoms with van der Waals surface area (Å²) in [6, 6.07) is 11.8. The maximum atomic E-state index is 13.8. The highest BCUT2D eigenvalue weighted by Gasteiger charge is 2.37. The summed E-state index contributed by atoms with van der Waals surface area (Å²) in [4.78, 5) is 18.8. The van der Waals surface area contributed by atoms with Gasteiger partial charge in [0.1, 0.15) is 5.15 Å². The summed E-state index contributed by atoms with van der Waals surface area (Å²) in [5.41, 5.74) is 0.448. The van der Waals surface area contributed by atoms with Gasteiger partial charge in [-0.25, -0.2) is 4.98 Å². The fourth-order valence-corrected chi connectivity index (χ4v) is 4.53. The molecule has 0 aliphatic carbocycles. The molecule has 1 fully saturated rings. The van der Waals surface area contributed by atoms with Gasteiger partial charge in [-0.1, -0.05) is 23.7 Å². The normalized spacial score (nSPS) is 16.2. The van der Waals surface area contributed by atoms with E-state index in [1.807, 2.05) is 6.07 Å². The second kappa shape index (κ2) is 8.22. The van der Waals surface area contributed by atoms with E-state index in [2.05, 4.69) is 11.1 Å². The van der Waals surface area contributed by atoms with Crippen molar-refractivity contribution in [3.05, 3.63) is 82.7 Å². The SMILES string of the molecule is N#Cc1cccc(C2CCN(C(=O)c3nc4c(C(F)(F)F)cc(-c5ccoc5)cn4c3Cl)C2)c1. The fourth-order valence-electron chi connectivity index (χ4n) is 4.28. The number of aromatic nitrogens is 2. The third-order valence-corrected chi connectivity index (χ3v) is 6.35. The number of halogens is 4. The first-order valence-corrected chi connectivity index (χ1v) is 10.7. The maximum Gasteiger partial charge on any atom is 0.420 e. The first kappa shape index (κ1) is 22.0. The third kappa shape index (κ3) is 3.80. The molecular formula is C24H16ClF3N4O2. The van der Waals surface area contributed by atoms with Gasteiger partial charge in [-0.05, 0) is 36.2 Å². The molecule has 1 amide bonds. The van der Waals surface area contributed by atoms with E-state index in [1.165, 1.54) is 29.7 Å². The predicted molar refractivity (Wildman–Crippen MR) is 117 cm³/mol. The Morgan fingerprint density at radius 3 is 2.76 bits per heavy atom. The van der Waals surface area contributed by atoms with E-state index >= 15 is 0 Å². The van der Waals surface area contributed by atoms with Crippen molar-refractivity contribution in [3.63, 3.8) is 0 Å². The lowest BCUT2D eigenvalue weighted by Gasteiger charge is -2.15. The van der Waals surface area contributed by atoms with Gasteiger partial charge < -0.3 is 9.32 Å². The largest absolute Gasteiger partial charge is 0.472 e. The van der Waals surface area contributed by atoms with Crippen LogP contribution in [0.1, 0.15) is 39.5 Å². The van der Waals surface area contributed by atoms with Crippen LogP contribution >= 0.6 is 11.6 Å². The number of carbonyl (C=O) groups excluding carboxylic acids is 1. The number of alkyl halides is 3. The number of furan rings is 1. The number of nitriles is 1. The zero-order chi connectivity index (χ0) is 24.0. The van der Waals surface area contributed by atoms with Gasteiger partial charge in [0.05, 0.1) is 29.7 Å². The molecule has 0 saturated carbocycles. The quantitative estimate of drug-likeness (QED) is 0.370. The van der Waals surface area contributed by atoms with Gasteiger partial charge in [-0.2, -0.15) is 18.4 Å². The number of amides is 1. The number of likely N-dealkylation sites (tertiary alicyclic amines) is 1. The molecule has 1 aliphatic heterocycles. The van der Waals surface area contributed by atoms with E-state index < -0.39 is 23.3 Å². The number of rotatable bonds is 3. The topological polar surface area (TPSA) is 74.5 Å². The van der Waals surface area contributed by atoms with E-state index in [0.717, 1.165) is 16.0 Å². The lowest BCUT2D eigenvalue weighted by atomic mass is 9.97. The molecule has 1 aliphatic rings. The van der Waals surface area contributed by atoms with Crippen molar-refractivity contribution in [2.45, 2.75) is 18.5 Å². The number of imidazole rings is 1. The Morgan fingerprint density at radius 1 is 1.24 bits per heavy atom. The molecule has 1 aromatic carbocycles. The molecule has 0 bridgehead atoms. The van der Waals surface area contributed by atoms with Crippen LogP contribution in [0.4, 0.5) is 13.2 Å². The van der Waals surface area contributed by atoms with Crippen molar-refractivity contribution in [2.75, 3.05) is 13.1 Å². The van der Waals surface area contributed by atoms with Crippen LogP contribution in [0.15, 0.2) is 59.5 Å². The average Bonchev–Trinajstić information content (AvgIpc) is 3.58. The summed E-state index contributed by atoms with van der Waals surface area (Å²) in [6.45, 7) is 0.751. The van der Waals surface area contributed by atoms with Crippen LogP contribution in [-0.4, -0.2) is 33.3 Å². The molecule has 34 heavy (non-hydrogen) atoms. The van der Waals surface area contributed by atoms with Crippen molar-refractivity contribution in [1.29, 1.82) is 5.26 Å². The molecule has 4 heterocycles. The average molecular weight is 485 g/mol. The van der Waals surface area contributed by atoms with Gasteiger partial charge in [0, 0.05) is 36.3 Å². The first-order valence-electron chi connectivity index (χ1n) is 10.4. The molecule has 5 rings (SSSR count). The van der Waals surface area contributed by atoms with Crippen LogP contribution in [0.25, 0.3) is 16.8 Å². The lowest BCUT2D eigenvalue weighted by molar-refractivity contribution is -0.136. The molecule has 6 nitrogen and oxygen atoms in total. The van der Waals surface area contributed by atoms with Crippen LogP contribution < -0.4 is 0 Å². The van der Waals surface area contributed by atoms with E-state index in [0.29, 0.717) is 30.6 Å². The molecule has 172 valence electrons. The maximum absolute atomic E-state index is 13.8. The van der Waals surface area contributed by atoms with Crippen LogP contribution in [0, 0.1) is 11.3 Å². The van der Waals surface area contributed by atoms with E-state index in [-0.39, 0.29) is 22.3 Å². The molecule has 1 atom stereocenters. The zero-order valence-corrected chi connectivity index (χ0v) is 18.3. The van der Waals surface area contributed by atoms with Gasteiger partial charge in [0.15, 0.2) is 11.3 Å². The highest BCUT2D eigenvalue weighted by Crippen LogP contribution is 2.37. The minimum absolute atomic E-state index is 0.00601. The van der Waals surface area contributed by atoms with Gasteiger partial charge in [0.2, 0.25) is 0 Å². The third-order valence-electron chi connectivity index (χ3n) is 5.99. The number of pyridine rings is 1. The van der Waals surface area contributed by atoms with Crippen LogP contribution in [0.2, 0.25) is 5.15 Å². The predicted octanol–water partition coefficient (Wildman–Crippen LogP) is 5.77. The summed E-state index contributed by atoms with van der Waals surface area (Å²) in [5.74, 6) is -0.530. The number of hydrogen-bond acceptors (Lipinski definition) is 4. The Bertz CT molecular complexity index is 1440. The van der Waals surface area contributed by atoms with Gasteiger partial charge in [-0.15, -0.1) is 0 Å². The number of fused-ring (bicyclic) bond motifs is 1. The first-order chi connectivity index (χ1) is 16.3. The summed E-state index contributed by atoms with van der Waals surface area (Å²) >= 11 is 6.40. The second-order valence-electron chi connectivity index (χ2n) is 8.07. The molecule has 10 heteroatoms. The molecule has 0 N–H and O–H groups in total. The standard InChI is InChI=1S/C24H16ClF3N4O2/c25-21-20(23(33)31-6-4-16(11-31)15-3-1-2-14(8-15)10-29)30-22-19(24(26,27)28)9-18(12-32(21)22)17-5-7-34-13-17/h1-3,5,7-9,12-13,16H,4,6,11H2. The smallest absolute Gasteiger partial charge is 0.420 e. The molecule has 0 radical (unpaired) electrons. The molecule has 4 aromatic rings. The Morgan fingerprint density at radius 2 is 2.06 bits per heavy atom. The van der Waals surface area contributed by atoms with Gasteiger partial charge >= 0.3 is 6.18 Å². The van der Waals surface area contributed by atoms with E-state index in [9.17, 15) is 18.0 Å². The number of carbonyl (C=O) groups is 1. The lowest BCUT2D eigenvalue weighted by Crippen LogP contribution is -2.29. The highest BCUT2D eigenvalue weighted by molar-refractivity contribution is 6.33. The number of benzene rings is 1. The molecule has 1 saturated heterocycles. The van der Waals surface area contributed by atoms with Crippen LogP contribution in [-0.2, 0) is 6.18 Å². The molecule has 0 spiro atoms. The van der Waals surface area contributed by atoms with Crippen molar-refractivity contribution in [1.82, 2.24) is 14.3 Å². The number of hydrogen-bond donors (Lipinski definition) is 0. The fraction of sp³-hybridized carbons (Fsp3) is 0.208. The Labute approximate surface area is 196 Å². The second-order valence-corrected chi connectivity index (χ2v) is 8.43. The van der Waals surface area contributed by atoms with Crippen molar-refractivity contribution in [2.24, 2.45) is 0 Å². The summed E-state index contributed by atoms with van der Waals surface area (Å²) in [5, 5.41) is 8.94. The van der Waals surface area contributed by atoms with Crippen LogP contribution in [0.3, 0.4) is 0 Å². The number of nitrogens with zero attached hydrogens (tertiary/aromatic N) is 4. The van der Waals surface area contributed by atoms with Gasteiger partial charge in [-0.3, -0.25) is 9.20 Å². The molecule has 3 aromatic heterocycles. The summed E-state index contributed by atoms with van der Waals surface area (Å²) in [7, 11) is 0. The monoisotopic (exact) mass is 484 g/mol. The Kier molecular flexibility index (Phi) is 5.33. The van der Waals surface area contributed by atoms with E-state index in [1.54, 1.807) is 18.2 Å². The zero-order valence-electron chi connectivity index (χ0n) is 17.5. The van der Waals surface area contributed by atoms with Crippen molar-refractivity contribution in [3.8, 4) is 17.2 Å². The van der Waals surface area contributed by atoms with Crippen molar-refractivity contribution < 1.29 is 22.4 Å². The summed E-state index contributed by atoms with van der Waals surface area (Å²) in [6.07, 6.45) is 0.0313. The highest BCUT2D eigenvalue weighted by atomic mass is 35.5. The summed E-state index contributed by atoms with van der Waals surface area (Å²) < 4.78 is 47.6. The molecule has 1 unspecified atom stereocenters.